The average Bonchev–Trinajstić information content (AvgIpc) is 2.30. The second kappa shape index (κ2) is 10.3. The summed E-state index contributed by atoms with van der Waals surface area (Å²) in [4.78, 5) is 25.9. The highest BCUT2D eigenvalue weighted by Gasteiger charge is 2.07. The van der Waals surface area contributed by atoms with Crippen LogP contribution in [0.2, 0.25) is 0 Å². The third kappa shape index (κ3) is 10.0. The largest absolute Gasteiger partial charge is 0.448 e. The number of hydrogen-bond acceptors (Lipinski definition) is 8. The zero-order chi connectivity index (χ0) is 13.1. The Hall–Kier alpha value is -0.870. The third-order valence-corrected chi connectivity index (χ3v) is 3.70. The minimum Gasteiger partial charge on any atom is -0.448 e. The van der Waals surface area contributed by atoms with E-state index in [4.69, 9.17) is 9.84 Å². The van der Waals surface area contributed by atoms with Gasteiger partial charge >= 0.3 is 6.09 Å². The van der Waals surface area contributed by atoms with Crippen molar-refractivity contribution in [1.82, 2.24) is 4.90 Å². The Bertz CT molecular complexity index is 242. The first kappa shape index (κ1) is 16.1. The molecular formula is C7H14N2O6S2. The monoisotopic (exact) mass is 286 g/mol. The molecule has 0 saturated heterocycles. The SMILES string of the molecule is CN(CO)C(=O)OCCSSCCO[N+](=O)[O-]. The summed E-state index contributed by atoms with van der Waals surface area (Å²) in [6.07, 6.45) is -0.588. The Morgan fingerprint density at radius 2 is 2.00 bits per heavy atom. The summed E-state index contributed by atoms with van der Waals surface area (Å²) in [5.74, 6) is 1.05. The molecule has 1 N–H and O–H groups in total. The normalized spacial score (nSPS) is 9.76. The third-order valence-electron chi connectivity index (χ3n) is 1.36. The van der Waals surface area contributed by atoms with E-state index >= 15 is 0 Å². The van der Waals surface area contributed by atoms with Crippen molar-refractivity contribution in [3.8, 4) is 0 Å². The second-order valence-electron chi connectivity index (χ2n) is 2.65. The van der Waals surface area contributed by atoms with E-state index in [1.165, 1.54) is 28.6 Å². The van der Waals surface area contributed by atoms with Crippen molar-refractivity contribution in [2.75, 3.05) is 38.5 Å². The van der Waals surface area contributed by atoms with Crippen LogP contribution < -0.4 is 0 Å². The molecule has 0 atom stereocenters. The maximum Gasteiger partial charge on any atom is 0.411 e. The minimum atomic E-state index is -0.836. The molecule has 0 spiro atoms. The van der Waals surface area contributed by atoms with E-state index < -0.39 is 11.2 Å². The fourth-order valence-electron chi connectivity index (χ4n) is 0.595. The topological polar surface area (TPSA) is 102 Å². The molecule has 1 amide bonds. The average molecular weight is 286 g/mol. The summed E-state index contributed by atoms with van der Waals surface area (Å²) < 4.78 is 4.79. The zero-order valence-corrected chi connectivity index (χ0v) is 10.9. The van der Waals surface area contributed by atoms with Gasteiger partial charge in [-0.3, -0.25) is 4.90 Å². The van der Waals surface area contributed by atoms with Crippen LogP contribution in [0, 0.1) is 10.1 Å². The van der Waals surface area contributed by atoms with Gasteiger partial charge in [0.15, 0.2) is 0 Å². The number of aliphatic hydroxyl groups is 1. The number of carbonyl (C=O) groups excluding carboxylic acids is 1. The summed E-state index contributed by atoms with van der Waals surface area (Å²) in [5, 5.41) is 17.5. The summed E-state index contributed by atoms with van der Waals surface area (Å²) in [6, 6.07) is 0. The highest BCUT2D eigenvalue weighted by Crippen LogP contribution is 2.20. The lowest BCUT2D eigenvalue weighted by molar-refractivity contribution is -0.756. The lowest BCUT2D eigenvalue weighted by Crippen LogP contribution is -2.28. The maximum absolute atomic E-state index is 11.0. The molecule has 0 aliphatic rings. The molecule has 8 nitrogen and oxygen atoms in total. The van der Waals surface area contributed by atoms with Gasteiger partial charge in [0, 0.05) is 18.6 Å². The molecule has 0 saturated carbocycles. The van der Waals surface area contributed by atoms with E-state index in [1.807, 2.05) is 0 Å². The summed E-state index contributed by atoms with van der Waals surface area (Å²) in [6.45, 7) is -0.131. The highest BCUT2D eigenvalue weighted by molar-refractivity contribution is 8.76. The van der Waals surface area contributed by atoms with E-state index in [0.717, 1.165) is 4.90 Å². The van der Waals surface area contributed by atoms with Gasteiger partial charge in [0.2, 0.25) is 0 Å². The molecule has 0 heterocycles. The van der Waals surface area contributed by atoms with Crippen LogP contribution >= 0.6 is 21.6 Å². The van der Waals surface area contributed by atoms with E-state index in [1.54, 1.807) is 0 Å². The van der Waals surface area contributed by atoms with Crippen molar-refractivity contribution in [2.24, 2.45) is 0 Å². The van der Waals surface area contributed by atoms with Crippen LogP contribution in [-0.2, 0) is 9.57 Å². The van der Waals surface area contributed by atoms with Crippen molar-refractivity contribution in [3.63, 3.8) is 0 Å². The first-order valence-electron chi connectivity index (χ1n) is 4.58. The fourth-order valence-corrected chi connectivity index (χ4v) is 2.24. The van der Waals surface area contributed by atoms with Gasteiger partial charge in [0.25, 0.3) is 5.09 Å². The van der Waals surface area contributed by atoms with Gasteiger partial charge in [-0.05, 0) is 0 Å². The molecule has 17 heavy (non-hydrogen) atoms. The number of aliphatic hydroxyl groups excluding tert-OH is 1. The molecule has 0 aromatic heterocycles. The van der Waals surface area contributed by atoms with Crippen LogP contribution in [0.5, 0.6) is 0 Å². The lowest BCUT2D eigenvalue weighted by atomic mass is 10.8. The van der Waals surface area contributed by atoms with Crippen LogP contribution in [0.4, 0.5) is 4.79 Å². The summed E-state index contributed by atoms with van der Waals surface area (Å²) in [7, 11) is 4.23. The number of rotatable bonds is 9. The number of amides is 1. The molecule has 0 rings (SSSR count). The van der Waals surface area contributed by atoms with Crippen molar-refractivity contribution in [3.05, 3.63) is 10.1 Å². The minimum absolute atomic E-state index is 0.0394. The molecule has 0 aromatic carbocycles. The highest BCUT2D eigenvalue weighted by atomic mass is 33.1. The Kier molecular flexibility index (Phi) is 9.77. The van der Waals surface area contributed by atoms with Crippen molar-refractivity contribution < 1.29 is 24.6 Å². The summed E-state index contributed by atoms with van der Waals surface area (Å²) in [5.41, 5.74) is 0. The van der Waals surface area contributed by atoms with Crippen LogP contribution in [0.1, 0.15) is 0 Å². The molecule has 0 aliphatic carbocycles. The molecular weight excluding hydrogens is 272 g/mol. The second-order valence-corrected chi connectivity index (χ2v) is 5.36. The smallest absolute Gasteiger partial charge is 0.411 e. The number of nitrogens with zero attached hydrogens (tertiary/aromatic N) is 2. The van der Waals surface area contributed by atoms with E-state index in [2.05, 4.69) is 4.84 Å². The van der Waals surface area contributed by atoms with E-state index in [0.29, 0.717) is 11.5 Å². The molecule has 0 bridgehead atoms. The number of carbonyl (C=O) groups is 1. The lowest BCUT2D eigenvalue weighted by Gasteiger charge is -2.13. The first-order chi connectivity index (χ1) is 8.07. The van der Waals surface area contributed by atoms with Crippen LogP contribution in [0.3, 0.4) is 0 Å². The van der Waals surface area contributed by atoms with E-state index in [-0.39, 0.29) is 19.9 Å². The molecule has 0 aliphatic heterocycles. The number of ether oxygens (including phenoxy) is 1. The Balaban J connectivity index is 3.24. The quantitative estimate of drug-likeness (QED) is 0.216. The van der Waals surface area contributed by atoms with Crippen LogP contribution in [0.25, 0.3) is 0 Å². The van der Waals surface area contributed by atoms with Crippen molar-refractivity contribution in [1.29, 1.82) is 0 Å². The fraction of sp³-hybridized carbons (Fsp3) is 0.857. The number of hydrogen-bond donors (Lipinski definition) is 1. The van der Waals surface area contributed by atoms with Crippen LogP contribution in [0.15, 0.2) is 0 Å². The van der Waals surface area contributed by atoms with Crippen LogP contribution in [-0.4, -0.2) is 59.7 Å². The molecule has 10 heteroatoms. The van der Waals surface area contributed by atoms with Gasteiger partial charge in [-0.15, -0.1) is 10.1 Å². The van der Waals surface area contributed by atoms with E-state index in [9.17, 15) is 14.9 Å². The molecule has 0 aromatic rings. The predicted octanol–water partition coefficient (Wildman–Crippen LogP) is 0.594. The Labute approximate surface area is 106 Å². The van der Waals surface area contributed by atoms with Crippen molar-refractivity contribution in [2.45, 2.75) is 0 Å². The van der Waals surface area contributed by atoms with Gasteiger partial charge < -0.3 is 14.7 Å². The molecule has 0 fully saturated rings. The Morgan fingerprint density at radius 3 is 2.53 bits per heavy atom. The van der Waals surface area contributed by atoms with Gasteiger partial charge in [-0.25, -0.2) is 4.79 Å². The van der Waals surface area contributed by atoms with Gasteiger partial charge in [0.05, 0.1) is 0 Å². The first-order valence-corrected chi connectivity index (χ1v) is 7.07. The van der Waals surface area contributed by atoms with Crippen molar-refractivity contribution >= 4 is 27.7 Å². The molecule has 100 valence electrons. The Morgan fingerprint density at radius 1 is 1.41 bits per heavy atom. The maximum atomic E-state index is 11.0. The standard InChI is InChI=1S/C7H14N2O6S2/c1-8(6-10)7(11)14-2-4-16-17-5-3-15-9(12)13/h10H,2-6H2,1H3. The van der Waals surface area contributed by atoms with Gasteiger partial charge in [0.1, 0.15) is 19.9 Å². The predicted molar refractivity (Wildman–Crippen MR) is 64.1 cm³/mol. The molecule has 0 radical (unpaired) electrons. The zero-order valence-electron chi connectivity index (χ0n) is 9.23. The summed E-state index contributed by atoms with van der Waals surface area (Å²) >= 11 is 0. The van der Waals surface area contributed by atoms with Gasteiger partial charge in [-0.1, -0.05) is 21.6 Å². The molecule has 0 unspecified atom stereocenters. The van der Waals surface area contributed by atoms with Gasteiger partial charge in [-0.2, -0.15) is 0 Å².